The van der Waals surface area contributed by atoms with Gasteiger partial charge in [0.25, 0.3) is 0 Å². The molecule has 0 heterocycles. The number of carbonyl (C=O) groups is 2. The van der Waals surface area contributed by atoms with E-state index in [2.05, 4.69) is 19.2 Å². The van der Waals surface area contributed by atoms with E-state index in [0.717, 1.165) is 38.5 Å². The van der Waals surface area contributed by atoms with Crippen molar-refractivity contribution in [2.24, 2.45) is 0 Å². The van der Waals surface area contributed by atoms with E-state index in [1.165, 1.54) is 308 Å². The SMILES string of the molecule is CCCCCCCCCCCCCCC/C=C/C(O)C(CO)NC(=O)CCCCCCCCCCCCCCCCCCCCCCCCCCOC(=O)CCCCCCCCCCCCCCCCCC. The summed E-state index contributed by atoms with van der Waals surface area (Å²) in [5, 5.41) is 23.1. The van der Waals surface area contributed by atoms with E-state index in [4.69, 9.17) is 4.74 Å². The number of nitrogens with one attached hydrogen (secondary N) is 1. The van der Waals surface area contributed by atoms with Crippen molar-refractivity contribution in [1.29, 1.82) is 0 Å². The molecule has 0 spiro atoms. The summed E-state index contributed by atoms with van der Waals surface area (Å²) < 4.78 is 5.50. The lowest BCUT2D eigenvalue weighted by Gasteiger charge is -2.20. The molecule has 0 rings (SSSR count). The third kappa shape index (κ3) is 57.9. The minimum atomic E-state index is -0.842. The standard InChI is InChI=1S/C66H129NO5/c1-3-5-7-9-11-13-15-17-19-32-36-40-44-48-52-56-60-66(71)72-61-57-53-49-45-41-37-33-29-27-25-23-21-20-22-24-26-28-31-35-39-43-47-51-55-59-65(70)67-63(62-68)64(69)58-54-50-46-42-38-34-30-18-16-14-12-10-8-6-4-2/h54,58,63-64,68-69H,3-53,55-57,59-62H2,1-2H3,(H,67,70)/b58-54+. The van der Waals surface area contributed by atoms with Gasteiger partial charge < -0.3 is 20.3 Å². The largest absolute Gasteiger partial charge is 0.466 e. The maximum absolute atomic E-state index is 12.5. The number of hydrogen-bond donors (Lipinski definition) is 3. The van der Waals surface area contributed by atoms with Crippen molar-refractivity contribution in [1.82, 2.24) is 5.32 Å². The first-order valence-corrected chi connectivity index (χ1v) is 33.0. The molecule has 0 saturated carbocycles. The molecule has 6 heteroatoms. The maximum atomic E-state index is 12.5. The number of rotatable bonds is 62. The van der Waals surface area contributed by atoms with Crippen LogP contribution < -0.4 is 5.32 Å². The predicted molar refractivity (Wildman–Crippen MR) is 315 cm³/mol. The summed E-state index contributed by atoms with van der Waals surface area (Å²) in [5.41, 5.74) is 0. The highest BCUT2D eigenvalue weighted by molar-refractivity contribution is 5.76. The summed E-state index contributed by atoms with van der Waals surface area (Å²) in [7, 11) is 0. The van der Waals surface area contributed by atoms with Gasteiger partial charge in [0.2, 0.25) is 5.91 Å². The van der Waals surface area contributed by atoms with E-state index in [1.807, 2.05) is 6.08 Å². The van der Waals surface area contributed by atoms with Crippen molar-refractivity contribution in [2.45, 2.75) is 386 Å². The van der Waals surface area contributed by atoms with Crippen molar-refractivity contribution in [3.8, 4) is 0 Å². The predicted octanol–water partition coefficient (Wildman–Crippen LogP) is 20.8. The average Bonchev–Trinajstić information content (AvgIpc) is 3.38. The minimum Gasteiger partial charge on any atom is -0.466 e. The fraction of sp³-hybridized carbons (Fsp3) is 0.939. The lowest BCUT2D eigenvalue weighted by Crippen LogP contribution is -2.45. The molecule has 2 atom stereocenters. The van der Waals surface area contributed by atoms with E-state index in [-0.39, 0.29) is 18.5 Å². The van der Waals surface area contributed by atoms with Crippen molar-refractivity contribution >= 4 is 11.9 Å². The highest BCUT2D eigenvalue weighted by Crippen LogP contribution is 2.19. The number of aliphatic hydroxyl groups is 2. The van der Waals surface area contributed by atoms with Gasteiger partial charge in [0.15, 0.2) is 0 Å². The fourth-order valence-electron chi connectivity index (χ4n) is 10.5. The van der Waals surface area contributed by atoms with E-state index in [0.29, 0.717) is 19.4 Å². The normalized spacial score (nSPS) is 12.6. The number of allylic oxidation sites excluding steroid dienone is 1. The zero-order chi connectivity index (χ0) is 52.2. The van der Waals surface area contributed by atoms with Crippen LogP contribution >= 0.6 is 0 Å². The molecule has 0 bridgehead atoms. The first kappa shape index (κ1) is 70.6. The molecular formula is C66H129NO5. The monoisotopic (exact) mass is 1020 g/mol. The zero-order valence-corrected chi connectivity index (χ0v) is 48.9. The van der Waals surface area contributed by atoms with Crippen LogP contribution in [0.4, 0.5) is 0 Å². The quantitative estimate of drug-likeness (QED) is 0.0320. The summed E-state index contributed by atoms with van der Waals surface area (Å²) in [6.45, 7) is 4.94. The molecule has 0 aromatic heterocycles. The smallest absolute Gasteiger partial charge is 0.305 e. The van der Waals surface area contributed by atoms with Crippen molar-refractivity contribution in [2.75, 3.05) is 13.2 Å². The Balaban J connectivity index is 3.36. The fourth-order valence-corrected chi connectivity index (χ4v) is 10.5. The molecule has 2 unspecified atom stereocenters. The number of aliphatic hydroxyl groups excluding tert-OH is 2. The van der Waals surface area contributed by atoms with E-state index in [9.17, 15) is 19.8 Å². The minimum absolute atomic E-state index is 0.0192. The first-order valence-electron chi connectivity index (χ1n) is 33.0. The third-order valence-electron chi connectivity index (χ3n) is 15.6. The van der Waals surface area contributed by atoms with Crippen molar-refractivity contribution in [3.63, 3.8) is 0 Å². The zero-order valence-electron chi connectivity index (χ0n) is 48.9. The molecule has 0 aliphatic rings. The van der Waals surface area contributed by atoms with Crippen LogP contribution in [0.15, 0.2) is 12.2 Å². The van der Waals surface area contributed by atoms with Gasteiger partial charge in [-0.2, -0.15) is 0 Å². The molecule has 0 aromatic rings. The Morgan fingerprint density at radius 3 is 0.944 bits per heavy atom. The third-order valence-corrected chi connectivity index (χ3v) is 15.6. The maximum Gasteiger partial charge on any atom is 0.305 e. The highest BCUT2D eigenvalue weighted by atomic mass is 16.5. The Morgan fingerprint density at radius 2 is 0.639 bits per heavy atom. The highest BCUT2D eigenvalue weighted by Gasteiger charge is 2.18. The molecule has 0 aliphatic carbocycles. The molecule has 428 valence electrons. The first-order chi connectivity index (χ1) is 35.5. The summed E-state index contributed by atoms with van der Waals surface area (Å²) in [4.78, 5) is 24.6. The lowest BCUT2D eigenvalue weighted by molar-refractivity contribution is -0.143. The van der Waals surface area contributed by atoms with Gasteiger partial charge in [0.05, 0.1) is 25.4 Å². The van der Waals surface area contributed by atoms with Crippen LogP contribution in [0.2, 0.25) is 0 Å². The van der Waals surface area contributed by atoms with E-state index in [1.54, 1.807) is 6.08 Å². The van der Waals surface area contributed by atoms with Crippen molar-refractivity contribution < 1.29 is 24.5 Å². The second kappa shape index (κ2) is 62.1. The van der Waals surface area contributed by atoms with Crippen LogP contribution in [0.5, 0.6) is 0 Å². The van der Waals surface area contributed by atoms with Crippen LogP contribution in [0.1, 0.15) is 373 Å². The second-order valence-electron chi connectivity index (χ2n) is 22.8. The van der Waals surface area contributed by atoms with Crippen molar-refractivity contribution in [3.05, 3.63) is 12.2 Å². The van der Waals surface area contributed by atoms with Gasteiger partial charge in [-0.3, -0.25) is 9.59 Å². The molecular weight excluding hydrogens is 887 g/mol. The molecule has 1 amide bonds. The van der Waals surface area contributed by atoms with Crippen LogP contribution in [0.3, 0.4) is 0 Å². The number of unbranched alkanes of at least 4 members (excludes halogenated alkanes) is 51. The van der Waals surface area contributed by atoms with E-state index >= 15 is 0 Å². The van der Waals surface area contributed by atoms with Crippen LogP contribution in [-0.4, -0.2) is 47.4 Å². The van der Waals surface area contributed by atoms with Gasteiger partial charge in [0.1, 0.15) is 0 Å². The molecule has 6 nitrogen and oxygen atoms in total. The number of amides is 1. The lowest BCUT2D eigenvalue weighted by atomic mass is 10.0. The molecule has 0 saturated heterocycles. The van der Waals surface area contributed by atoms with Crippen LogP contribution in [0, 0.1) is 0 Å². The average molecular weight is 1020 g/mol. The van der Waals surface area contributed by atoms with Gasteiger partial charge >= 0.3 is 5.97 Å². The molecule has 0 aliphatic heterocycles. The Kier molecular flexibility index (Phi) is 60.9. The van der Waals surface area contributed by atoms with Crippen LogP contribution in [0.25, 0.3) is 0 Å². The molecule has 0 fully saturated rings. The Labute approximate surface area is 450 Å². The number of hydrogen-bond acceptors (Lipinski definition) is 5. The molecule has 0 aromatic carbocycles. The van der Waals surface area contributed by atoms with Crippen LogP contribution in [-0.2, 0) is 14.3 Å². The number of esters is 1. The number of carbonyl (C=O) groups excluding carboxylic acids is 2. The second-order valence-corrected chi connectivity index (χ2v) is 22.8. The topological polar surface area (TPSA) is 95.9 Å². The Morgan fingerprint density at radius 1 is 0.375 bits per heavy atom. The number of ether oxygens (including phenoxy) is 1. The molecule has 72 heavy (non-hydrogen) atoms. The van der Waals surface area contributed by atoms with Gasteiger partial charge in [0, 0.05) is 12.8 Å². The van der Waals surface area contributed by atoms with Gasteiger partial charge in [-0.1, -0.05) is 341 Å². The van der Waals surface area contributed by atoms with Gasteiger partial charge in [-0.15, -0.1) is 0 Å². The summed E-state index contributed by atoms with van der Waals surface area (Å²) >= 11 is 0. The van der Waals surface area contributed by atoms with Gasteiger partial charge in [-0.05, 0) is 32.1 Å². The molecule has 3 N–H and O–H groups in total. The van der Waals surface area contributed by atoms with E-state index < -0.39 is 12.1 Å². The summed E-state index contributed by atoms with van der Waals surface area (Å²) in [6, 6.07) is -0.626. The Hall–Kier alpha value is -1.40. The molecule has 0 radical (unpaired) electrons. The summed E-state index contributed by atoms with van der Waals surface area (Å²) in [6.07, 6.45) is 75.5. The van der Waals surface area contributed by atoms with Gasteiger partial charge in [-0.25, -0.2) is 0 Å². The Bertz CT molecular complexity index is 1080. The summed E-state index contributed by atoms with van der Waals surface area (Å²) in [5.74, 6) is -0.0450.